The molecule has 16 heteroatoms. The number of carbonyl (C=O) groups is 4. The molecule has 0 spiro atoms. The average Bonchev–Trinajstić information content (AvgIpc) is 4.02. The number of esters is 1. The first-order valence-electron chi connectivity index (χ1n) is 22.3. The molecule has 6 bridgehead atoms. The first-order valence-corrected chi connectivity index (χ1v) is 23.2. The van der Waals surface area contributed by atoms with Crippen LogP contribution in [0.15, 0.2) is 41.9 Å². The Bertz CT molecular complexity index is 2320. The van der Waals surface area contributed by atoms with Gasteiger partial charge in [0.15, 0.2) is 0 Å². The second-order valence-corrected chi connectivity index (χ2v) is 19.6. The monoisotopic (exact) mass is 883 g/mol. The highest BCUT2D eigenvalue weighted by Gasteiger charge is 2.40. The maximum absolute atomic E-state index is 14.6. The van der Waals surface area contributed by atoms with Crippen molar-refractivity contribution in [2.45, 2.75) is 110 Å². The van der Waals surface area contributed by atoms with Crippen LogP contribution in [-0.2, 0) is 43.2 Å². The van der Waals surface area contributed by atoms with Crippen LogP contribution in [0.5, 0.6) is 0 Å². The van der Waals surface area contributed by atoms with Gasteiger partial charge in [-0.1, -0.05) is 33.8 Å². The largest absolute Gasteiger partial charge is 0.464 e. The summed E-state index contributed by atoms with van der Waals surface area (Å²) >= 11 is 1.43. The van der Waals surface area contributed by atoms with E-state index in [-0.39, 0.29) is 43.0 Å². The third kappa shape index (κ3) is 9.64. The lowest BCUT2D eigenvalue weighted by Gasteiger charge is -2.37. The first-order chi connectivity index (χ1) is 30.0. The number of nitrogens with one attached hydrogen (secondary N) is 2. The summed E-state index contributed by atoms with van der Waals surface area (Å²) in [4.78, 5) is 72.0. The van der Waals surface area contributed by atoms with Gasteiger partial charge in [-0.15, -0.1) is 11.3 Å². The summed E-state index contributed by atoms with van der Waals surface area (Å²) in [6, 6.07) is 7.86. The molecule has 1 aromatic carbocycles. The molecule has 4 aromatic rings. The molecule has 0 saturated carbocycles. The summed E-state index contributed by atoms with van der Waals surface area (Å²) in [5, 5.41) is 8.23. The summed E-state index contributed by atoms with van der Waals surface area (Å²) < 4.78 is 14.2. The van der Waals surface area contributed by atoms with Gasteiger partial charge >= 0.3 is 12.0 Å². The van der Waals surface area contributed by atoms with Gasteiger partial charge in [-0.3, -0.25) is 24.4 Å². The number of hydrogen-bond donors (Lipinski definition) is 2. The normalized spacial score (nSPS) is 21.7. The van der Waals surface area contributed by atoms with Crippen LogP contribution < -0.4 is 10.7 Å². The van der Waals surface area contributed by atoms with Crippen molar-refractivity contribution < 1.29 is 28.7 Å². The summed E-state index contributed by atoms with van der Waals surface area (Å²) in [6.45, 7) is 14.5. The van der Waals surface area contributed by atoms with Gasteiger partial charge in [0, 0.05) is 91.8 Å². The number of cyclic esters (lactones) is 1. The number of pyridine rings is 1. The van der Waals surface area contributed by atoms with Crippen molar-refractivity contribution in [1.82, 2.24) is 45.0 Å². The smallest absolute Gasteiger partial charge is 0.324 e. The van der Waals surface area contributed by atoms with Crippen LogP contribution >= 0.6 is 11.3 Å². The number of methoxy groups -OCH3 is 1. The van der Waals surface area contributed by atoms with Crippen molar-refractivity contribution in [3.8, 4) is 22.5 Å². The maximum Gasteiger partial charge on any atom is 0.324 e. The number of benzene rings is 1. The topological polar surface area (TPSA) is 154 Å². The number of aryl methyl sites for hydroxylation is 1. The predicted molar refractivity (Wildman–Crippen MR) is 245 cm³/mol. The molecule has 6 heterocycles. The second-order valence-electron chi connectivity index (χ2n) is 18.7. The van der Waals surface area contributed by atoms with E-state index in [1.165, 1.54) is 21.2 Å². The number of thiazole rings is 1. The highest BCUT2D eigenvalue weighted by atomic mass is 32.1. The van der Waals surface area contributed by atoms with Gasteiger partial charge in [-0.2, -0.15) is 0 Å². The third-order valence-corrected chi connectivity index (χ3v) is 13.8. The van der Waals surface area contributed by atoms with Crippen LogP contribution in [0, 0.1) is 11.3 Å². The van der Waals surface area contributed by atoms with Gasteiger partial charge in [0.1, 0.15) is 18.1 Å². The fourth-order valence-electron chi connectivity index (χ4n) is 9.43. The number of nitrogens with zero attached hydrogens (tertiary/aromatic N) is 7. The second kappa shape index (κ2) is 19.1. The molecule has 1 unspecified atom stereocenters. The van der Waals surface area contributed by atoms with Crippen molar-refractivity contribution in [2.24, 2.45) is 11.3 Å². The molecule has 15 nitrogen and oxygen atoms in total. The van der Waals surface area contributed by atoms with Gasteiger partial charge < -0.3 is 34.1 Å². The van der Waals surface area contributed by atoms with E-state index in [0.717, 1.165) is 51.1 Å². The van der Waals surface area contributed by atoms with E-state index in [0.29, 0.717) is 50.4 Å². The first kappa shape index (κ1) is 46.1. The molecule has 5 atom stereocenters. The minimum atomic E-state index is -1.04. The molecule has 3 aliphatic heterocycles. The van der Waals surface area contributed by atoms with Crippen LogP contribution in [0.2, 0.25) is 0 Å². The Morgan fingerprint density at radius 3 is 2.59 bits per heavy atom. The molecule has 2 saturated heterocycles. The Kier molecular flexibility index (Phi) is 13.9. The Morgan fingerprint density at radius 1 is 1.11 bits per heavy atom. The van der Waals surface area contributed by atoms with Gasteiger partial charge in [0.05, 0.1) is 34.8 Å². The number of hydrogen-bond acceptors (Lipinski definition) is 11. The average molecular weight is 884 g/mol. The Balaban J connectivity index is 1.28. The third-order valence-electron chi connectivity index (χ3n) is 12.9. The highest BCUT2D eigenvalue weighted by molar-refractivity contribution is 7.10. The minimum absolute atomic E-state index is 0.112. The van der Waals surface area contributed by atoms with Crippen molar-refractivity contribution in [2.75, 3.05) is 54.5 Å². The Labute approximate surface area is 375 Å². The number of urea groups is 1. The number of ether oxygens (including phenoxy) is 2. The van der Waals surface area contributed by atoms with Gasteiger partial charge in [0.2, 0.25) is 5.91 Å². The zero-order chi connectivity index (χ0) is 45.3. The standard InChI is InChI=1S/C47H65N9O6S/c1-11-55-38-17-16-30-22-33(38)34(42(55)32-14-12-19-48-40(32)29(4)61-10)24-47(5,6)27-62-45(59)35-15-13-20-56(51-35)44(58)36(23-39-49-37(30)26-63-39)50-43(57)41(28(2)3)53(9)46(60)54-21-18-31(25-54)52(7)8/h12,14,16-17,19,22,26,28-29,31,35-36,41,51H,11,13,15,18,20-21,23-25,27H2,1-10H3,(H,50,57)/t29-,31-,35-,36-,41?/m0/s1. The molecule has 4 amide bonds. The van der Waals surface area contributed by atoms with E-state index in [1.807, 2.05) is 46.3 Å². The number of likely N-dealkylation sites (N-methyl/N-ethyl adjacent to an activating group) is 2. The molecule has 3 aromatic heterocycles. The Hall–Kier alpha value is -4.90. The van der Waals surface area contributed by atoms with Crippen molar-refractivity contribution in [1.29, 1.82) is 0 Å². The molecular weight excluding hydrogens is 819 g/mol. The van der Waals surface area contributed by atoms with Gasteiger partial charge in [-0.25, -0.2) is 15.2 Å². The summed E-state index contributed by atoms with van der Waals surface area (Å²) in [7, 11) is 7.37. The van der Waals surface area contributed by atoms with Crippen molar-refractivity contribution in [3.63, 3.8) is 0 Å². The van der Waals surface area contributed by atoms with Crippen LogP contribution in [0.3, 0.4) is 0 Å². The predicted octanol–water partition coefficient (Wildman–Crippen LogP) is 5.91. The number of aromatic nitrogens is 3. The SMILES string of the molecule is CCn1c(-c2cccnc2[C@H](C)OC)c2c3cc(ccc31)-c1csc(n1)C[C@H](NC(=O)C(C(C)C)N(C)C(=O)N1CC[C@H](N(C)C)C1)C(=O)N1CCC[C@H](N1)C(=O)OCC(C)(C)C2. The van der Waals surface area contributed by atoms with E-state index >= 15 is 0 Å². The summed E-state index contributed by atoms with van der Waals surface area (Å²) in [6.07, 6.45) is 4.16. The van der Waals surface area contributed by atoms with Crippen molar-refractivity contribution >= 4 is 46.1 Å². The molecule has 3 aliphatic rings. The number of carbonyl (C=O) groups excluding carboxylic acids is 4. The molecule has 0 aliphatic carbocycles. The fraction of sp³-hybridized carbons (Fsp3) is 0.574. The lowest BCUT2D eigenvalue weighted by molar-refractivity contribution is -0.155. The van der Waals surface area contributed by atoms with E-state index < -0.39 is 35.4 Å². The van der Waals surface area contributed by atoms with Gasteiger partial charge in [-0.05, 0) is 89.4 Å². The minimum Gasteiger partial charge on any atom is -0.464 e. The zero-order valence-electron chi connectivity index (χ0n) is 38.6. The molecule has 0 radical (unpaired) electrons. The lowest BCUT2D eigenvalue weighted by atomic mass is 9.84. The quantitative estimate of drug-likeness (QED) is 0.194. The van der Waals surface area contributed by atoms with Gasteiger partial charge in [0.25, 0.3) is 5.91 Å². The summed E-state index contributed by atoms with van der Waals surface area (Å²) in [5.74, 6) is -1.50. The number of fused-ring (bicyclic) bond motifs is 6. The van der Waals surface area contributed by atoms with Crippen LogP contribution in [-0.4, -0.2) is 137 Å². The highest BCUT2D eigenvalue weighted by Crippen LogP contribution is 2.42. The number of rotatable bonds is 9. The Morgan fingerprint density at radius 2 is 1.89 bits per heavy atom. The number of hydrazine groups is 1. The van der Waals surface area contributed by atoms with Crippen LogP contribution in [0.25, 0.3) is 33.4 Å². The maximum atomic E-state index is 14.6. The molecule has 2 N–H and O–H groups in total. The van der Waals surface area contributed by atoms with Crippen LogP contribution in [0.4, 0.5) is 4.79 Å². The molecular formula is C47H65N9O6S. The van der Waals surface area contributed by atoms with E-state index in [1.54, 1.807) is 25.3 Å². The summed E-state index contributed by atoms with van der Waals surface area (Å²) in [5.41, 5.74) is 9.40. The molecule has 7 rings (SSSR count). The zero-order valence-corrected chi connectivity index (χ0v) is 39.4. The fourth-order valence-corrected chi connectivity index (χ4v) is 10.3. The molecule has 2 fully saturated rings. The van der Waals surface area contributed by atoms with E-state index in [4.69, 9.17) is 19.4 Å². The van der Waals surface area contributed by atoms with E-state index in [2.05, 4.69) is 65.2 Å². The number of likely N-dealkylation sites (tertiary alicyclic amines) is 1. The van der Waals surface area contributed by atoms with Crippen LogP contribution in [0.1, 0.15) is 83.2 Å². The molecule has 340 valence electrons. The lowest BCUT2D eigenvalue weighted by Crippen LogP contribution is -2.62. The number of amides is 4. The van der Waals surface area contributed by atoms with Crippen molar-refractivity contribution in [3.05, 3.63) is 58.2 Å². The van der Waals surface area contributed by atoms with E-state index in [9.17, 15) is 19.2 Å². The molecule has 63 heavy (non-hydrogen) atoms.